The lowest BCUT2D eigenvalue weighted by Crippen LogP contribution is -2.24. The monoisotopic (exact) mass is 223 g/mol. The van der Waals surface area contributed by atoms with Crippen molar-refractivity contribution in [3.05, 3.63) is 24.0 Å². The highest BCUT2D eigenvalue weighted by Gasteiger charge is 2.29. The van der Waals surface area contributed by atoms with Gasteiger partial charge in [0.1, 0.15) is 11.6 Å². The molecule has 1 fully saturated rings. The van der Waals surface area contributed by atoms with Gasteiger partial charge in [-0.25, -0.2) is 4.39 Å². The number of amides is 1. The molecule has 1 saturated heterocycles. The standard InChI is InChI=1S/C11H10FNO3/c1-16-10-3-7(12)2-8(4-10)13-6-9(14)5-11(13)15/h2-4H,5-6H2,1H3. The summed E-state index contributed by atoms with van der Waals surface area (Å²) in [5.41, 5.74) is 0.354. The topological polar surface area (TPSA) is 46.6 Å². The Morgan fingerprint density at radius 2 is 2.06 bits per heavy atom. The molecular weight excluding hydrogens is 213 g/mol. The number of ether oxygens (including phenoxy) is 1. The highest BCUT2D eigenvalue weighted by molar-refractivity contribution is 6.15. The minimum Gasteiger partial charge on any atom is -0.497 e. The summed E-state index contributed by atoms with van der Waals surface area (Å²) in [5.74, 6) is -0.644. The fourth-order valence-corrected chi connectivity index (χ4v) is 1.64. The van der Waals surface area contributed by atoms with Gasteiger partial charge in [0.15, 0.2) is 5.78 Å². The van der Waals surface area contributed by atoms with Gasteiger partial charge in [0, 0.05) is 12.1 Å². The van der Waals surface area contributed by atoms with E-state index in [1.165, 1.54) is 30.2 Å². The van der Waals surface area contributed by atoms with Gasteiger partial charge in [0.05, 0.1) is 25.8 Å². The van der Waals surface area contributed by atoms with E-state index in [1.54, 1.807) is 0 Å². The molecule has 0 atom stereocenters. The van der Waals surface area contributed by atoms with E-state index in [0.29, 0.717) is 11.4 Å². The lowest BCUT2D eigenvalue weighted by Gasteiger charge is -2.15. The van der Waals surface area contributed by atoms with Gasteiger partial charge in [-0.05, 0) is 6.07 Å². The number of anilines is 1. The van der Waals surface area contributed by atoms with E-state index in [0.717, 1.165) is 0 Å². The van der Waals surface area contributed by atoms with Crippen molar-refractivity contribution in [2.24, 2.45) is 0 Å². The number of ketones is 1. The van der Waals surface area contributed by atoms with E-state index in [1.807, 2.05) is 0 Å². The van der Waals surface area contributed by atoms with Crippen LogP contribution in [0.4, 0.5) is 10.1 Å². The van der Waals surface area contributed by atoms with Gasteiger partial charge in [-0.2, -0.15) is 0 Å². The van der Waals surface area contributed by atoms with Crippen LogP contribution in [0.15, 0.2) is 18.2 Å². The van der Waals surface area contributed by atoms with Gasteiger partial charge < -0.3 is 9.64 Å². The summed E-state index contributed by atoms with van der Waals surface area (Å²) in [6.07, 6.45) is -0.112. The molecular formula is C11H10FNO3. The summed E-state index contributed by atoms with van der Waals surface area (Å²) < 4.78 is 18.1. The molecule has 1 aliphatic rings. The zero-order valence-electron chi connectivity index (χ0n) is 8.70. The highest BCUT2D eigenvalue weighted by Crippen LogP contribution is 2.25. The van der Waals surface area contributed by atoms with Crippen LogP contribution in [0.2, 0.25) is 0 Å². The molecule has 1 aromatic carbocycles. The lowest BCUT2D eigenvalue weighted by molar-refractivity contribution is -0.121. The third-order valence-electron chi connectivity index (χ3n) is 2.39. The molecule has 1 amide bonds. The molecule has 1 heterocycles. The van der Waals surface area contributed by atoms with E-state index in [9.17, 15) is 14.0 Å². The molecule has 16 heavy (non-hydrogen) atoms. The number of hydrogen-bond acceptors (Lipinski definition) is 3. The van der Waals surface area contributed by atoms with E-state index in [4.69, 9.17) is 4.74 Å². The Bertz CT molecular complexity index is 459. The lowest BCUT2D eigenvalue weighted by atomic mass is 10.2. The second-order valence-electron chi connectivity index (χ2n) is 3.54. The van der Waals surface area contributed by atoms with E-state index in [2.05, 4.69) is 0 Å². The number of hydrogen-bond donors (Lipinski definition) is 0. The van der Waals surface area contributed by atoms with Crippen LogP contribution < -0.4 is 9.64 Å². The summed E-state index contributed by atoms with van der Waals surface area (Å²) in [4.78, 5) is 23.8. The SMILES string of the molecule is COc1cc(F)cc(N2CC(=O)CC2=O)c1. The zero-order valence-corrected chi connectivity index (χ0v) is 8.70. The van der Waals surface area contributed by atoms with Crippen molar-refractivity contribution in [3.63, 3.8) is 0 Å². The number of nitrogens with zero attached hydrogens (tertiary/aromatic N) is 1. The second kappa shape index (κ2) is 3.92. The van der Waals surface area contributed by atoms with Crippen molar-refractivity contribution in [2.45, 2.75) is 6.42 Å². The molecule has 2 rings (SSSR count). The second-order valence-corrected chi connectivity index (χ2v) is 3.54. The Labute approximate surface area is 91.6 Å². The molecule has 0 unspecified atom stereocenters. The molecule has 1 aromatic rings. The van der Waals surface area contributed by atoms with E-state index >= 15 is 0 Å². The van der Waals surface area contributed by atoms with Crippen LogP contribution in [0, 0.1) is 5.82 Å². The van der Waals surface area contributed by atoms with Crippen LogP contribution in [0.3, 0.4) is 0 Å². The first-order valence-corrected chi connectivity index (χ1v) is 4.77. The van der Waals surface area contributed by atoms with Crippen LogP contribution in [0.5, 0.6) is 5.75 Å². The van der Waals surface area contributed by atoms with Crippen molar-refractivity contribution in [1.82, 2.24) is 0 Å². The Hall–Kier alpha value is -1.91. The molecule has 0 aliphatic carbocycles. The summed E-state index contributed by atoms with van der Waals surface area (Å²) >= 11 is 0. The molecule has 0 bridgehead atoms. The summed E-state index contributed by atoms with van der Waals surface area (Å²) in [6.45, 7) is 0.00540. The fraction of sp³-hybridized carbons (Fsp3) is 0.273. The average molecular weight is 223 g/mol. The number of halogens is 1. The van der Waals surface area contributed by atoms with Gasteiger partial charge in [-0.1, -0.05) is 0 Å². The Balaban J connectivity index is 2.36. The third kappa shape index (κ3) is 1.88. The Kier molecular flexibility index (Phi) is 2.60. The van der Waals surface area contributed by atoms with Gasteiger partial charge in [-0.15, -0.1) is 0 Å². The van der Waals surface area contributed by atoms with E-state index in [-0.39, 0.29) is 24.7 Å². The van der Waals surface area contributed by atoms with Crippen molar-refractivity contribution >= 4 is 17.4 Å². The number of rotatable bonds is 2. The maximum Gasteiger partial charge on any atom is 0.234 e. The van der Waals surface area contributed by atoms with Crippen LogP contribution in [0.1, 0.15) is 6.42 Å². The number of Topliss-reactive ketones (excluding diaryl/α,β-unsaturated/α-hetero) is 1. The largest absolute Gasteiger partial charge is 0.497 e. The molecule has 0 radical (unpaired) electrons. The first-order chi connectivity index (χ1) is 7.60. The minimum absolute atomic E-state index is 0.00540. The van der Waals surface area contributed by atoms with Crippen LogP contribution in [-0.2, 0) is 9.59 Å². The van der Waals surface area contributed by atoms with Crippen LogP contribution in [-0.4, -0.2) is 25.3 Å². The molecule has 5 heteroatoms. The average Bonchev–Trinajstić information content (AvgIpc) is 2.57. The molecule has 0 spiro atoms. The number of methoxy groups -OCH3 is 1. The summed E-state index contributed by atoms with van der Waals surface area (Å²) in [6, 6.07) is 3.95. The maximum absolute atomic E-state index is 13.2. The number of benzene rings is 1. The predicted molar refractivity (Wildman–Crippen MR) is 54.9 cm³/mol. The predicted octanol–water partition coefficient (Wildman–Crippen LogP) is 1.14. The maximum atomic E-state index is 13.2. The fourth-order valence-electron chi connectivity index (χ4n) is 1.64. The Morgan fingerprint density at radius 1 is 1.31 bits per heavy atom. The number of carbonyl (C=O) groups excluding carboxylic acids is 2. The van der Waals surface area contributed by atoms with Gasteiger partial charge in [0.2, 0.25) is 5.91 Å². The van der Waals surface area contributed by atoms with Crippen molar-refractivity contribution < 1.29 is 18.7 Å². The first kappa shape index (κ1) is 10.6. The van der Waals surface area contributed by atoms with Crippen molar-refractivity contribution in [2.75, 3.05) is 18.6 Å². The van der Waals surface area contributed by atoms with Crippen LogP contribution >= 0.6 is 0 Å². The zero-order chi connectivity index (χ0) is 11.7. The summed E-state index contributed by atoms with van der Waals surface area (Å²) in [7, 11) is 1.41. The highest BCUT2D eigenvalue weighted by atomic mass is 19.1. The molecule has 4 nitrogen and oxygen atoms in total. The van der Waals surface area contributed by atoms with E-state index < -0.39 is 5.82 Å². The molecule has 1 aliphatic heterocycles. The van der Waals surface area contributed by atoms with Crippen molar-refractivity contribution in [3.8, 4) is 5.75 Å². The molecule has 84 valence electrons. The smallest absolute Gasteiger partial charge is 0.234 e. The number of carbonyl (C=O) groups is 2. The first-order valence-electron chi connectivity index (χ1n) is 4.77. The molecule has 0 saturated carbocycles. The van der Waals surface area contributed by atoms with Gasteiger partial charge in [-0.3, -0.25) is 9.59 Å². The molecule has 0 aromatic heterocycles. The quantitative estimate of drug-likeness (QED) is 0.706. The van der Waals surface area contributed by atoms with Gasteiger partial charge in [0.25, 0.3) is 0 Å². The molecule has 0 N–H and O–H groups in total. The third-order valence-corrected chi connectivity index (χ3v) is 2.39. The summed E-state index contributed by atoms with van der Waals surface area (Å²) in [5, 5.41) is 0. The normalized spacial score (nSPS) is 15.8. The Morgan fingerprint density at radius 3 is 2.62 bits per heavy atom. The van der Waals surface area contributed by atoms with Crippen molar-refractivity contribution in [1.29, 1.82) is 0 Å². The van der Waals surface area contributed by atoms with Gasteiger partial charge >= 0.3 is 0 Å². The van der Waals surface area contributed by atoms with Crippen LogP contribution in [0.25, 0.3) is 0 Å². The minimum atomic E-state index is -0.499.